The van der Waals surface area contributed by atoms with Gasteiger partial charge in [-0.3, -0.25) is 0 Å². The van der Waals surface area contributed by atoms with Crippen molar-refractivity contribution in [1.29, 1.82) is 0 Å². The monoisotopic (exact) mass is 209 g/mol. The summed E-state index contributed by atoms with van der Waals surface area (Å²) in [7, 11) is 0. The van der Waals surface area contributed by atoms with Gasteiger partial charge in [-0.2, -0.15) is 0 Å². The van der Waals surface area contributed by atoms with Crippen LogP contribution in [0.5, 0.6) is 5.75 Å². The second-order valence-electron chi connectivity index (χ2n) is 3.34. The van der Waals surface area contributed by atoms with Crippen molar-refractivity contribution >= 4 is 5.71 Å². The van der Waals surface area contributed by atoms with Crippen LogP contribution in [0.25, 0.3) is 0 Å². The van der Waals surface area contributed by atoms with Crippen LogP contribution in [0.3, 0.4) is 0 Å². The zero-order valence-electron chi connectivity index (χ0n) is 8.84. The Hall–Kier alpha value is -1.55. The van der Waals surface area contributed by atoms with Crippen LogP contribution in [-0.2, 0) is 0 Å². The van der Waals surface area contributed by atoms with Gasteiger partial charge in [0.1, 0.15) is 12.4 Å². The molecule has 0 aliphatic carbocycles. The molecular formula is C11H15NO3. The van der Waals surface area contributed by atoms with Crippen molar-refractivity contribution in [3.05, 3.63) is 29.8 Å². The Morgan fingerprint density at radius 3 is 2.73 bits per heavy atom. The van der Waals surface area contributed by atoms with Crippen molar-refractivity contribution in [3.8, 4) is 5.75 Å². The van der Waals surface area contributed by atoms with Crippen molar-refractivity contribution in [3.63, 3.8) is 0 Å². The van der Waals surface area contributed by atoms with E-state index >= 15 is 0 Å². The third-order valence-corrected chi connectivity index (χ3v) is 1.91. The Balaban J connectivity index is 2.87. The number of ether oxygens (including phenoxy) is 1. The lowest BCUT2D eigenvalue weighted by Crippen LogP contribution is -2.14. The fourth-order valence-corrected chi connectivity index (χ4v) is 1.16. The highest BCUT2D eigenvalue weighted by Gasteiger charge is 2.07. The van der Waals surface area contributed by atoms with E-state index in [1.54, 1.807) is 26.0 Å². The maximum absolute atomic E-state index is 9.10. The maximum atomic E-state index is 9.10. The summed E-state index contributed by atoms with van der Waals surface area (Å²) in [6.45, 7) is 3.55. The standard InChI is InChI=1S/C11H15NO3/c1-8(13)7-15-11-6-4-3-5-10(11)9(2)12-14/h3-6,8,13-14H,7H2,1-2H3/b12-9+. The number of para-hydroxylation sites is 1. The zero-order chi connectivity index (χ0) is 11.3. The molecule has 4 nitrogen and oxygen atoms in total. The third-order valence-electron chi connectivity index (χ3n) is 1.91. The number of oxime groups is 1. The molecule has 0 aromatic heterocycles. The minimum Gasteiger partial charge on any atom is -0.490 e. The van der Waals surface area contributed by atoms with Crippen molar-refractivity contribution < 1.29 is 15.1 Å². The van der Waals surface area contributed by atoms with Crippen LogP contribution >= 0.6 is 0 Å². The van der Waals surface area contributed by atoms with Gasteiger partial charge in [0.25, 0.3) is 0 Å². The van der Waals surface area contributed by atoms with Gasteiger partial charge in [-0.05, 0) is 26.0 Å². The lowest BCUT2D eigenvalue weighted by molar-refractivity contribution is 0.122. The van der Waals surface area contributed by atoms with E-state index in [4.69, 9.17) is 15.1 Å². The number of hydrogen-bond donors (Lipinski definition) is 2. The second-order valence-corrected chi connectivity index (χ2v) is 3.34. The number of hydrogen-bond acceptors (Lipinski definition) is 4. The van der Waals surface area contributed by atoms with Crippen molar-refractivity contribution in [2.45, 2.75) is 20.0 Å². The quantitative estimate of drug-likeness (QED) is 0.450. The first kappa shape index (κ1) is 11.5. The van der Waals surface area contributed by atoms with Crippen LogP contribution in [0.4, 0.5) is 0 Å². The summed E-state index contributed by atoms with van der Waals surface area (Å²) in [6.07, 6.45) is -0.524. The van der Waals surface area contributed by atoms with Crippen LogP contribution in [-0.4, -0.2) is 28.7 Å². The summed E-state index contributed by atoms with van der Waals surface area (Å²) in [5.41, 5.74) is 1.21. The molecule has 1 aromatic rings. The van der Waals surface area contributed by atoms with Gasteiger partial charge in [0.05, 0.1) is 11.8 Å². The summed E-state index contributed by atoms with van der Waals surface area (Å²) in [5, 5.41) is 20.9. The van der Waals surface area contributed by atoms with E-state index in [0.717, 1.165) is 5.56 Å². The Bertz CT molecular complexity index is 347. The van der Waals surface area contributed by atoms with Gasteiger partial charge in [0.15, 0.2) is 0 Å². The van der Waals surface area contributed by atoms with Crippen LogP contribution in [0.15, 0.2) is 29.4 Å². The molecule has 1 aromatic carbocycles. The minimum atomic E-state index is -0.524. The maximum Gasteiger partial charge on any atom is 0.128 e. The molecule has 0 fully saturated rings. The zero-order valence-corrected chi connectivity index (χ0v) is 8.84. The number of nitrogens with zero attached hydrogens (tertiary/aromatic N) is 1. The largest absolute Gasteiger partial charge is 0.490 e. The smallest absolute Gasteiger partial charge is 0.128 e. The highest BCUT2D eigenvalue weighted by molar-refractivity contribution is 6.00. The molecule has 2 N–H and O–H groups in total. The van der Waals surface area contributed by atoms with Crippen LogP contribution < -0.4 is 4.74 Å². The molecule has 1 atom stereocenters. The minimum absolute atomic E-state index is 0.218. The van der Waals surface area contributed by atoms with Gasteiger partial charge in [0, 0.05) is 5.56 Å². The molecule has 0 amide bonds. The summed E-state index contributed by atoms with van der Waals surface area (Å²) >= 11 is 0. The first-order valence-corrected chi connectivity index (χ1v) is 4.74. The van der Waals surface area contributed by atoms with Crippen LogP contribution in [0, 0.1) is 0 Å². The normalized spacial score (nSPS) is 13.7. The molecule has 0 saturated carbocycles. The van der Waals surface area contributed by atoms with Crippen molar-refractivity contribution in [2.24, 2.45) is 5.16 Å². The van der Waals surface area contributed by atoms with Crippen molar-refractivity contribution in [1.82, 2.24) is 0 Å². The molecule has 1 rings (SSSR count). The molecule has 0 bridgehead atoms. The number of aliphatic hydroxyl groups is 1. The Morgan fingerprint density at radius 2 is 2.13 bits per heavy atom. The van der Waals surface area contributed by atoms with E-state index in [1.165, 1.54) is 0 Å². The molecule has 0 saturated heterocycles. The summed E-state index contributed by atoms with van der Waals surface area (Å²) in [6, 6.07) is 7.23. The highest BCUT2D eigenvalue weighted by atomic mass is 16.5. The molecule has 1 unspecified atom stereocenters. The molecule has 15 heavy (non-hydrogen) atoms. The summed E-state index contributed by atoms with van der Waals surface area (Å²) < 4.78 is 5.38. The molecule has 82 valence electrons. The van der Waals surface area contributed by atoms with Crippen LogP contribution in [0.1, 0.15) is 19.4 Å². The number of rotatable bonds is 4. The van der Waals surface area contributed by atoms with Gasteiger partial charge in [-0.25, -0.2) is 0 Å². The van der Waals surface area contributed by atoms with E-state index < -0.39 is 6.10 Å². The molecular weight excluding hydrogens is 194 g/mol. The SMILES string of the molecule is C/C(=N\O)c1ccccc1OCC(C)O. The predicted molar refractivity (Wildman–Crippen MR) is 57.6 cm³/mol. The lowest BCUT2D eigenvalue weighted by Gasteiger charge is -2.11. The average molecular weight is 209 g/mol. The highest BCUT2D eigenvalue weighted by Crippen LogP contribution is 2.18. The van der Waals surface area contributed by atoms with Gasteiger partial charge in [-0.1, -0.05) is 17.3 Å². The first-order chi connectivity index (χ1) is 7.15. The van der Waals surface area contributed by atoms with Gasteiger partial charge in [-0.15, -0.1) is 0 Å². The second kappa shape index (κ2) is 5.36. The van der Waals surface area contributed by atoms with Gasteiger partial charge in [0.2, 0.25) is 0 Å². The van der Waals surface area contributed by atoms with E-state index in [9.17, 15) is 0 Å². The predicted octanol–water partition coefficient (Wildman–Crippen LogP) is 1.64. The summed E-state index contributed by atoms with van der Waals surface area (Å²) in [4.78, 5) is 0. The molecule has 4 heteroatoms. The van der Waals surface area contributed by atoms with Gasteiger partial charge >= 0.3 is 0 Å². The van der Waals surface area contributed by atoms with E-state index in [0.29, 0.717) is 11.5 Å². The fourth-order valence-electron chi connectivity index (χ4n) is 1.16. The van der Waals surface area contributed by atoms with Gasteiger partial charge < -0.3 is 15.1 Å². The number of aliphatic hydroxyl groups excluding tert-OH is 1. The lowest BCUT2D eigenvalue weighted by atomic mass is 10.1. The Kier molecular flexibility index (Phi) is 4.12. The third kappa shape index (κ3) is 3.25. The molecule has 0 spiro atoms. The number of benzene rings is 1. The fraction of sp³-hybridized carbons (Fsp3) is 0.364. The van der Waals surface area contributed by atoms with E-state index in [1.807, 2.05) is 12.1 Å². The summed E-state index contributed by atoms with van der Waals surface area (Å²) in [5.74, 6) is 0.605. The van der Waals surface area contributed by atoms with E-state index in [-0.39, 0.29) is 6.61 Å². The molecule has 0 radical (unpaired) electrons. The van der Waals surface area contributed by atoms with Crippen molar-refractivity contribution in [2.75, 3.05) is 6.61 Å². The Labute approximate surface area is 88.8 Å². The molecule has 0 heterocycles. The average Bonchev–Trinajstić information content (AvgIpc) is 2.25. The molecule has 0 aliphatic heterocycles. The van der Waals surface area contributed by atoms with E-state index in [2.05, 4.69) is 5.16 Å². The molecule has 0 aliphatic rings. The first-order valence-electron chi connectivity index (χ1n) is 4.74. The topological polar surface area (TPSA) is 62.1 Å². The Morgan fingerprint density at radius 1 is 1.47 bits per heavy atom. The van der Waals surface area contributed by atoms with Crippen LogP contribution in [0.2, 0.25) is 0 Å².